The van der Waals surface area contributed by atoms with Gasteiger partial charge in [-0.3, -0.25) is 0 Å². The van der Waals surface area contributed by atoms with Crippen molar-refractivity contribution < 1.29 is 0 Å². The van der Waals surface area contributed by atoms with Crippen LogP contribution in [0.25, 0.3) is 78.3 Å². The fourth-order valence-electron chi connectivity index (χ4n) is 17.7. The molecular formula is C88H52N4S2. The highest BCUT2D eigenvalue weighted by atomic mass is 32.2. The molecule has 3 aliphatic carbocycles. The van der Waals surface area contributed by atoms with E-state index in [2.05, 4.69) is 320 Å². The first-order valence-corrected chi connectivity index (χ1v) is 33.9. The third-order valence-electron chi connectivity index (χ3n) is 21.2. The lowest BCUT2D eigenvalue weighted by atomic mass is 9.64. The van der Waals surface area contributed by atoms with E-state index in [1.165, 1.54) is 125 Å². The van der Waals surface area contributed by atoms with Gasteiger partial charge in [-0.25, -0.2) is 15.0 Å². The number of hydrogen-bond donors (Lipinski definition) is 0. The average molecular weight is 1230 g/mol. The topological polar surface area (TPSA) is 41.9 Å². The molecule has 15 aromatic rings. The first kappa shape index (κ1) is 52.5. The van der Waals surface area contributed by atoms with Crippen molar-refractivity contribution in [1.29, 1.82) is 0 Å². The van der Waals surface area contributed by atoms with Gasteiger partial charge < -0.3 is 4.90 Å². The van der Waals surface area contributed by atoms with E-state index in [0.717, 1.165) is 39.3 Å². The third-order valence-corrected chi connectivity index (χ3v) is 23.5. The van der Waals surface area contributed by atoms with Gasteiger partial charge in [-0.1, -0.05) is 272 Å². The Morgan fingerprint density at radius 3 is 1.10 bits per heavy atom. The molecule has 0 saturated carbocycles. The number of benzene rings is 14. The molecule has 4 heterocycles. The van der Waals surface area contributed by atoms with Crippen LogP contribution in [0, 0.1) is 0 Å². The van der Waals surface area contributed by atoms with Gasteiger partial charge in [0.15, 0.2) is 17.5 Å². The summed E-state index contributed by atoms with van der Waals surface area (Å²) in [5.74, 6) is 1.84. The van der Waals surface area contributed by atoms with Crippen molar-refractivity contribution in [2.24, 2.45) is 0 Å². The normalized spacial score (nSPS) is 16.0. The van der Waals surface area contributed by atoms with Crippen LogP contribution in [0.1, 0.15) is 66.8 Å². The summed E-state index contributed by atoms with van der Waals surface area (Å²) < 4.78 is 0. The van der Waals surface area contributed by atoms with Gasteiger partial charge in [0.05, 0.1) is 27.6 Å². The minimum Gasteiger partial charge on any atom is -0.310 e. The highest BCUT2D eigenvalue weighted by molar-refractivity contribution is 7.99. The molecule has 4 nitrogen and oxygen atoms in total. The standard InChI is InChI=1S/C88H52N4S2/c1-2-23-57(24-3-1)92-76-37-17-12-32-71(76)86(72-33-13-18-38-77(72)92)65-29-9-6-26-59(65)62-50-54(42-46-68(62)86)83-89-84(55-43-47-69-63(51-55)60-27-7-10-30-66(60)87(69)73-34-14-19-39-78(73)93-79-40-20-15-35-74(79)87)91-85(90-83)56-44-48-70-64(52-56)61-28-8-11-31-67(61)88(70)75-36-16-21-41-80(75)94-81-49-45-53-22-4-5-25-58(53)82(81)88/h1-52H. The van der Waals surface area contributed by atoms with Crippen LogP contribution < -0.4 is 4.90 Å². The fourth-order valence-corrected chi connectivity index (χ4v) is 20.1. The zero-order valence-corrected chi connectivity index (χ0v) is 52.3. The quantitative estimate of drug-likeness (QED) is 0.175. The Labute approximate surface area is 553 Å². The predicted molar refractivity (Wildman–Crippen MR) is 382 cm³/mol. The van der Waals surface area contributed by atoms with Gasteiger partial charge in [-0.2, -0.15) is 0 Å². The highest BCUT2D eigenvalue weighted by Crippen LogP contribution is 2.67. The molecule has 6 aliphatic rings. The van der Waals surface area contributed by atoms with Crippen molar-refractivity contribution >= 4 is 51.4 Å². The minimum atomic E-state index is -0.614. The van der Waals surface area contributed by atoms with E-state index in [9.17, 15) is 0 Å². The maximum atomic E-state index is 5.69. The van der Waals surface area contributed by atoms with Crippen LogP contribution in [0.3, 0.4) is 0 Å². The number of anilines is 3. The lowest BCUT2D eigenvalue weighted by Gasteiger charge is -2.45. The summed E-state index contributed by atoms with van der Waals surface area (Å²) in [7, 11) is 0. The Balaban J connectivity index is 0.794. The molecule has 14 aromatic carbocycles. The summed E-state index contributed by atoms with van der Waals surface area (Å²) in [6.07, 6.45) is 0. The summed E-state index contributed by atoms with van der Waals surface area (Å²) in [6, 6.07) is 118. The Morgan fingerprint density at radius 2 is 0.596 bits per heavy atom. The van der Waals surface area contributed by atoms with E-state index in [-0.39, 0.29) is 0 Å². The van der Waals surface area contributed by atoms with Crippen LogP contribution in [0.2, 0.25) is 0 Å². The summed E-state index contributed by atoms with van der Waals surface area (Å²) in [6.45, 7) is 0. The minimum absolute atomic E-state index is 0.516. The summed E-state index contributed by atoms with van der Waals surface area (Å²) in [5.41, 5.74) is 27.0. The summed E-state index contributed by atoms with van der Waals surface area (Å²) >= 11 is 3.75. The lowest BCUT2D eigenvalue weighted by molar-refractivity contribution is 0.722. The van der Waals surface area contributed by atoms with Gasteiger partial charge in [-0.05, 0) is 178 Å². The van der Waals surface area contributed by atoms with Gasteiger partial charge in [0.2, 0.25) is 0 Å². The van der Waals surface area contributed by atoms with E-state index in [4.69, 9.17) is 15.0 Å². The Kier molecular flexibility index (Phi) is 10.9. The highest BCUT2D eigenvalue weighted by Gasteiger charge is 2.54. The van der Waals surface area contributed by atoms with Gasteiger partial charge in [0, 0.05) is 42.0 Å². The molecule has 21 rings (SSSR count). The molecule has 94 heavy (non-hydrogen) atoms. The predicted octanol–water partition coefficient (Wildman–Crippen LogP) is 21.8. The van der Waals surface area contributed by atoms with E-state index < -0.39 is 16.2 Å². The van der Waals surface area contributed by atoms with Crippen LogP contribution in [-0.2, 0) is 16.2 Å². The number of rotatable bonds is 4. The first-order chi connectivity index (χ1) is 46.6. The van der Waals surface area contributed by atoms with E-state index in [1.54, 1.807) is 0 Å². The Hall–Kier alpha value is -11.2. The number of hydrogen-bond acceptors (Lipinski definition) is 6. The van der Waals surface area contributed by atoms with Crippen molar-refractivity contribution in [1.82, 2.24) is 15.0 Å². The van der Waals surface area contributed by atoms with Crippen LogP contribution in [0.5, 0.6) is 0 Å². The third kappa shape index (κ3) is 6.77. The molecule has 0 N–H and O–H groups in total. The van der Waals surface area contributed by atoms with Crippen LogP contribution in [-0.4, -0.2) is 15.0 Å². The van der Waals surface area contributed by atoms with Crippen LogP contribution >= 0.6 is 23.5 Å². The number of aromatic nitrogens is 3. The molecule has 6 heteroatoms. The maximum Gasteiger partial charge on any atom is 0.164 e. The molecule has 0 saturated heterocycles. The summed E-state index contributed by atoms with van der Waals surface area (Å²) in [5, 5.41) is 2.51. The Bertz CT molecular complexity index is 5720. The maximum absolute atomic E-state index is 5.69. The van der Waals surface area contributed by atoms with Crippen molar-refractivity contribution in [3.63, 3.8) is 0 Å². The molecule has 1 aromatic heterocycles. The van der Waals surface area contributed by atoms with Crippen LogP contribution in [0.4, 0.5) is 17.1 Å². The zero-order chi connectivity index (χ0) is 61.4. The molecule has 3 spiro atoms. The second-order valence-electron chi connectivity index (χ2n) is 25.5. The van der Waals surface area contributed by atoms with Crippen LogP contribution in [0.15, 0.2) is 335 Å². The molecule has 3 aliphatic heterocycles. The molecule has 0 bridgehead atoms. The van der Waals surface area contributed by atoms with E-state index >= 15 is 0 Å². The molecule has 0 amide bonds. The molecular weight excluding hydrogens is 1180 g/mol. The van der Waals surface area contributed by atoms with Gasteiger partial charge in [-0.15, -0.1) is 0 Å². The summed E-state index contributed by atoms with van der Waals surface area (Å²) in [4.78, 5) is 24.6. The fraction of sp³-hybridized carbons (Fsp3) is 0.0341. The molecule has 0 fully saturated rings. The van der Waals surface area contributed by atoms with Crippen molar-refractivity contribution in [3.8, 4) is 67.5 Å². The smallest absolute Gasteiger partial charge is 0.164 e. The number of nitrogens with zero attached hydrogens (tertiary/aromatic N) is 4. The second kappa shape index (κ2) is 19.5. The molecule has 1 unspecified atom stereocenters. The second-order valence-corrected chi connectivity index (χ2v) is 27.7. The van der Waals surface area contributed by atoms with E-state index in [1.807, 2.05) is 23.5 Å². The van der Waals surface area contributed by atoms with Crippen molar-refractivity contribution in [2.75, 3.05) is 4.90 Å². The molecule has 0 radical (unpaired) electrons. The Morgan fingerprint density at radius 1 is 0.245 bits per heavy atom. The van der Waals surface area contributed by atoms with Gasteiger partial charge in [0.25, 0.3) is 0 Å². The van der Waals surface area contributed by atoms with Crippen molar-refractivity contribution in [3.05, 3.63) is 382 Å². The van der Waals surface area contributed by atoms with E-state index in [0.29, 0.717) is 17.5 Å². The zero-order valence-electron chi connectivity index (χ0n) is 50.6. The number of fused-ring (bicyclic) bond motifs is 29. The largest absolute Gasteiger partial charge is 0.310 e. The van der Waals surface area contributed by atoms with Crippen molar-refractivity contribution in [2.45, 2.75) is 35.8 Å². The van der Waals surface area contributed by atoms with Gasteiger partial charge in [0.1, 0.15) is 0 Å². The lowest BCUT2D eigenvalue weighted by Crippen LogP contribution is -2.36. The average Bonchev–Trinajstić information content (AvgIpc) is 1.46. The SMILES string of the molecule is c1ccc(N2c3ccccc3C3(c4ccccc4-c4cc(-c5nc(-c6ccc7c(c6)-c6ccccc6C76c7ccccc7Sc7ccccc76)nc(-c6ccc7c(c6)-c6ccccc6C76c7ccccc7Sc7ccc8ccccc8c76)n5)ccc43)c3ccccc32)cc1. The number of para-hydroxylation sites is 3. The monoisotopic (exact) mass is 1230 g/mol. The van der Waals surface area contributed by atoms with Gasteiger partial charge >= 0.3 is 0 Å². The molecule has 1 atom stereocenters. The molecule has 436 valence electrons. The first-order valence-electron chi connectivity index (χ1n) is 32.3.